The van der Waals surface area contributed by atoms with Gasteiger partial charge in [-0.05, 0) is 0 Å². The smallest absolute Gasteiger partial charge is 0.217 e. The standard InChI is InChI=1S/C14H27N2O13P/c1-4(18)16-8-11(21)9(19)6(3-26-30(23,24)25)28-14(8)29-12-5(2-17)27-13(22)7(15)10(12)20/h5-14,17,19-22H,2-3,15H2,1H3,(H,16,18)(H2,23,24,25)/p-1. The van der Waals surface area contributed by atoms with Crippen molar-refractivity contribution in [3.8, 4) is 0 Å². The zero-order chi connectivity index (χ0) is 22.8. The normalized spacial score (nSPS) is 42.7. The molecule has 176 valence electrons. The first kappa shape index (κ1) is 25.5. The van der Waals surface area contributed by atoms with E-state index >= 15 is 0 Å². The topological polar surface area (TPSA) is 258 Å². The summed E-state index contributed by atoms with van der Waals surface area (Å²) in [6.07, 6.45) is -12.3. The van der Waals surface area contributed by atoms with Crippen molar-refractivity contribution in [1.82, 2.24) is 5.32 Å². The summed E-state index contributed by atoms with van der Waals surface area (Å²) in [5, 5.41) is 52.4. The predicted molar refractivity (Wildman–Crippen MR) is 87.4 cm³/mol. The van der Waals surface area contributed by atoms with E-state index in [-0.39, 0.29) is 0 Å². The lowest BCUT2D eigenvalue weighted by atomic mass is 9.95. The molecule has 15 nitrogen and oxygen atoms in total. The molecule has 0 spiro atoms. The van der Waals surface area contributed by atoms with Crippen LogP contribution in [0.5, 0.6) is 0 Å². The Labute approximate surface area is 170 Å². The second-order valence-electron chi connectivity index (χ2n) is 7.00. The van der Waals surface area contributed by atoms with Crippen molar-refractivity contribution in [1.29, 1.82) is 0 Å². The fourth-order valence-electron chi connectivity index (χ4n) is 3.20. The zero-order valence-electron chi connectivity index (χ0n) is 15.8. The van der Waals surface area contributed by atoms with Gasteiger partial charge in [0.2, 0.25) is 12.2 Å². The second-order valence-corrected chi connectivity index (χ2v) is 8.15. The van der Waals surface area contributed by atoms with Gasteiger partial charge in [-0.3, -0.25) is 4.79 Å². The molecule has 30 heavy (non-hydrogen) atoms. The number of hydrogen-bond donors (Lipinski definition) is 7. The number of phosphoric ester groups is 1. The van der Waals surface area contributed by atoms with Gasteiger partial charge in [-0.2, -0.15) is 0 Å². The van der Waals surface area contributed by atoms with Crippen LogP contribution in [0.15, 0.2) is 0 Å². The minimum absolute atomic E-state index is 0.647. The van der Waals surface area contributed by atoms with Crippen molar-refractivity contribution in [2.24, 2.45) is 0 Å². The van der Waals surface area contributed by atoms with E-state index in [0.29, 0.717) is 0 Å². The van der Waals surface area contributed by atoms with E-state index in [4.69, 9.17) is 14.2 Å². The highest BCUT2D eigenvalue weighted by Gasteiger charge is 2.51. The van der Waals surface area contributed by atoms with Crippen LogP contribution in [-0.2, 0) is 28.1 Å². The Bertz CT molecular complexity index is 633. The van der Waals surface area contributed by atoms with Crippen molar-refractivity contribution in [2.45, 2.75) is 68.2 Å². The molecule has 1 amide bonds. The molecule has 2 fully saturated rings. The number of quaternary nitrogens is 1. The molecule has 9 N–H and O–H groups in total. The average Bonchev–Trinajstić information content (AvgIpc) is 2.65. The van der Waals surface area contributed by atoms with Gasteiger partial charge in [0.05, 0.1) is 21.0 Å². The Morgan fingerprint density at radius 1 is 1.13 bits per heavy atom. The van der Waals surface area contributed by atoms with Gasteiger partial charge in [-0.15, -0.1) is 0 Å². The van der Waals surface area contributed by atoms with Gasteiger partial charge in [-0.25, -0.2) is 0 Å². The minimum Gasteiger partial charge on any atom is -0.790 e. The number of ether oxygens (including phenoxy) is 3. The molecule has 2 aliphatic heterocycles. The third-order valence-electron chi connectivity index (χ3n) is 4.76. The first-order chi connectivity index (χ1) is 13.9. The third-order valence-corrected chi connectivity index (χ3v) is 5.23. The number of nitrogens with one attached hydrogen (secondary N) is 1. The highest BCUT2D eigenvalue weighted by molar-refractivity contribution is 7.43. The largest absolute Gasteiger partial charge is 0.790 e. The molecule has 0 saturated carbocycles. The van der Waals surface area contributed by atoms with Crippen LogP contribution >= 0.6 is 7.82 Å². The lowest BCUT2D eigenvalue weighted by Gasteiger charge is -2.46. The quantitative estimate of drug-likeness (QED) is 0.174. The molecule has 2 saturated heterocycles. The average molecular weight is 461 g/mol. The van der Waals surface area contributed by atoms with Crippen molar-refractivity contribution >= 4 is 13.7 Å². The molecule has 16 heteroatoms. The molecule has 10 unspecified atom stereocenters. The van der Waals surface area contributed by atoms with Gasteiger partial charge >= 0.3 is 0 Å². The van der Waals surface area contributed by atoms with Crippen LogP contribution in [0, 0.1) is 0 Å². The molecule has 0 radical (unpaired) electrons. The summed E-state index contributed by atoms with van der Waals surface area (Å²) in [6.45, 7) is -0.552. The number of aliphatic hydroxyl groups is 5. The van der Waals surface area contributed by atoms with Crippen molar-refractivity contribution in [3.05, 3.63) is 0 Å². The van der Waals surface area contributed by atoms with Crippen LogP contribution in [0.25, 0.3) is 0 Å². The number of hydrogen-bond acceptors (Lipinski definition) is 13. The molecule has 10 atom stereocenters. The van der Waals surface area contributed by atoms with Gasteiger partial charge in [-0.1, -0.05) is 0 Å². The fourth-order valence-corrected chi connectivity index (χ4v) is 3.53. The SMILES string of the molecule is CC(=O)NC1C(OC2C(CO)OC(O)C([NH3+])C2O)OC(COP(=O)([O-])[O-])C(O)C1O. The zero-order valence-corrected chi connectivity index (χ0v) is 16.7. The summed E-state index contributed by atoms with van der Waals surface area (Å²) in [4.78, 5) is 32.9. The van der Waals surface area contributed by atoms with Crippen molar-refractivity contribution in [3.63, 3.8) is 0 Å². The van der Waals surface area contributed by atoms with E-state index in [1.165, 1.54) is 0 Å². The minimum atomic E-state index is -5.42. The first-order valence-electron chi connectivity index (χ1n) is 8.92. The number of phosphoric acid groups is 1. The van der Waals surface area contributed by atoms with Crippen molar-refractivity contribution < 1.29 is 69.1 Å². The molecule has 0 aromatic carbocycles. The van der Waals surface area contributed by atoms with Crippen molar-refractivity contribution in [2.75, 3.05) is 13.2 Å². The van der Waals surface area contributed by atoms with E-state index < -0.39 is 88.2 Å². The van der Waals surface area contributed by atoms with Gasteiger partial charge in [0.1, 0.15) is 42.7 Å². The number of amides is 1. The van der Waals surface area contributed by atoms with Crippen LogP contribution < -0.4 is 20.8 Å². The Balaban J connectivity index is 2.24. The molecule has 0 aliphatic carbocycles. The van der Waals surface area contributed by atoms with E-state index in [1.54, 1.807) is 0 Å². The summed E-state index contributed by atoms with van der Waals surface area (Å²) >= 11 is 0. The van der Waals surface area contributed by atoms with Gasteiger partial charge in [0, 0.05) is 6.92 Å². The molecule has 2 aliphatic rings. The molecule has 0 aromatic rings. The Morgan fingerprint density at radius 2 is 1.77 bits per heavy atom. The lowest BCUT2D eigenvalue weighted by molar-refractivity contribution is -0.502. The number of carbonyl (C=O) groups excluding carboxylic acids is 1. The molecule has 0 bridgehead atoms. The Morgan fingerprint density at radius 3 is 2.30 bits per heavy atom. The van der Waals surface area contributed by atoms with Gasteiger partial charge in [0.15, 0.2) is 12.3 Å². The van der Waals surface area contributed by atoms with E-state index in [0.717, 1.165) is 6.92 Å². The third kappa shape index (κ3) is 6.14. The van der Waals surface area contributed by atoms with Crippen LogP contribution in [-0.4, -0.2) is 106 Å². The Hall–Kier alpha value is -0.780. The lowest BCUT2D eigenvalue weighted by Crippen LogP contribution is -2.78. The maximum Gasteiger partial charge on any atom is 0.217 e. The van der Waals surface area contributed by atoms with Crippen LogP contribution in [0.2, 0.25) is 0 Å². The second kappa shape index (κ2) is 10.2. The van der Waals surface area contributed by atoms with Gasteiger partial charge < -0.3 is 69.7 Å². The monoisotopic (exact) mass is 461 g/mol. The summed E-state index contributed by atoms with van der Waals surface area (Å²) in [7, 11) is -5.42. The summed E-state index contributed by atoms with van der Waals surface area (Å²) in [5.74, 6) is -0.647. The maximum atomic E-state index is 11.5. The van der Waals surface area contributed by atoms with E-state index in [1.807, 2.05) is 0 Å². The summed E-state index contributed by atoms with van der Waals surface area (Å²) in [5.41, 5.74) is 3.53. The van der Waals surface area contributed by atoms with Gasteiger partial charge in [0.25, 0.3) is 0 Å². The number of carbonyl (C=O) groups is 1. The van der Waals surface area contributed by atoms with Crippen LogP contribution in [0.1, 0.15) is 6.92 Å². The summed E-state index contributed by atoms with van der Waals surface area (Å²) < 4.78 is 30.9. The molecule has 2 heterocycles. The molecular formula is C14H26N2O13P-. The Kier molecular flexibility index (Phi) is 8.68. The number of aliphatic hydroxyl groups excluding tert-OH is 5. The highest BCUT2D eigenvalue weighted by atomic mass is 31.2. The number of rotatable bonds is 7. The summed E-state index contributed by atoms with van der Waals surface area (Å²) in [6, 6.07) is -2.50. The van der Waals surface area contributed by atoms with Crippen LogP contribution in [0.3, 0.4) is 0 Å². The van der Waals surface area contributed by atoms with Crippen LogP contribution in [0.4, 0.5) is 0 Å². The highest BCUT2D eigenvalue weighted by Crippen LogP contribution is 2.31. The predicted octanol–water partition coefficient (Wildman–Crippen LogP) is -7.15. The molecule has 0 aromatic heterocycles. The molecular weight excluding hydrogens is 435 g/mol. The maximum absolute atomic E-state index is 11.5. The molecule has 2 rings (SSSR count). The first-order valence-corrected chi connectivity index (χ1v) is 10.4. The fraction of sp³-hybridized carbons (Fsp3) is 0.929. The van der Waals surface area contributed by atoms with E-state index in [2.05, 4.69) is 15.6 Å². The van der Waals surface area contributed by atoms with E-state index in [9.17, 15) is 44.7 Å².